The van der Waals surface area contributed by atoms with E-state index in [0.29, 0.717) is 24.5 Å². The van der Waals surface area contributed by atoms with E-state index >= 15 is 0 Å². The molecule has 0 radical (unpaired) electrons. The predicted molar refractivity (Wildman–Crippen MR) is 74.8 cm³/mol. The molecule has 0 spiro atoms. The van der Waals surface area contributed by atoms with Crippen LogP contribution in [0.25, 0.3) is 0 Å². The summed E-state index contributed by atoms with van der Waals surface area (Å²) in [5.74, 6) is -0.204. The second kappa shape index (κ2) is 7.73. The molecular formula is C13H21N3O3. The van der Waals surface area contributed by atoms with Crippen molar-refractivity contribution in [1.82, 2.24) is 4.90 Å². The van der Waals surface area contributed by atoms with Crippen LogP contribution in [-0.2, 0) is 4.79 Å². The van der Waals surface area contributed by atoms with Crippen LogP contribution in [0.3, 0.4) is 0 Å². The van der Waals surface area contributed by atoms with Crippen molar-refractivity contribution in [2.75, 3.05) is 43.9 Å². The lowest BCUT2D eigenvalue weighted by Crippen LogP contribution is -2.37. The van der Waals surface area contributed by atoms with Gasteiger partial charge in [-0.15, -0.1) is 0 Å². The van der Waals surface area contributed by atoms with Gasteiger partial charge in [0.05, 0.1) is 19.8 Å². The van der Waals surface area contributed by atoms with Gasteiger partial charge in [-0.1, -0.05) is 6.07 Å². The van der Waals surface area contributed by atoms with Crippen molar-refractivity contribution < 1.29 is 15.0 Å². The first-order valence-electron chi connectivity index (χ1n) is 6.17. The first kappa shape index (κ1) is 15.4. The maximum absolute atomic E-state index is 11.8. The quantitative estimate of drug-likeness (QED) is 0.513. The molecule has 0 bridgehead atoms. The molecule has 0 aromatic heterocycles. The lowest BCUT2D eigenvalue weighted by atomic mass is 10.2. The predicted octanol–water partition coefficient (Wildman–Crippen LogP) is -0.198. The molecule has 1 aromatic carbocycles. The van der Waals surface area contributed by atoms with Crippen LogP contribution in [0.15, 0.2) is 18.2 Å². The first-order valence-corrected chi connectivity index (χ1v) is 6.17. The number of nitrogens with zero attached hydrogens (tertiary/aromatic N) is 1. The number of aryl methyl sites for hydroxylation is 1. The summed E-state index contributed by atoms with van der Waals surface area (Å²) in [4.78, 5) is 13.5. The van der Waals surface area contributed by atoms with Crippen LogP contribution in [0.5, 0.6) is 0 Å². The smallest absolute Gasteiger partial charge is 0.238 e. The fraction of sp³-hybridized carbons (Fsp3) is 0.462. The van der Waals surface area contributed by atoms with Crippen molar-refractivity contribution in [2.45, 2.75) is 6.92 Å². The van der Waals surface area contributed by atoms with E-state index in [-0.39, 0.29) is 25.7 Å². The highest BCUT2D eigenvalue weighted by atomic mass is 16.3. The lowest BCUT2D eigenvalue weighted by molar-refractivity contribution is -0.117. The Hall–Kier alpha value is -1.63. The molecule has 0 aliphatic rings. The zero-order chi connectivity index (χ0) is 14.3. The third kappa shape index (κ3) is 5.25. The van der Waals surface area contributed by atoms with Crippen molar-refractivity contribution in [3.05, 3.63) is 23.8 Å². The van der Waals surface area contributed by atoms with Crippen molar-refractivity contribution in [2.24, 2.45) is 0 Å². The number of hydrogen-bond acceptors (Lipinski definition) is 5. The van der Waals surface area contributed by atoms with Crippen LogP contribution in [-0.4, -0.2) is 53.9 Å². The average Bonchev–Trinajstić information content (AvgIpc) is 2.34. The van der Waals surface area contributed by atoms with Crippen LogP contribution in [0.2, 0.25) is 0 Å². The molecule has 1 rings (SSSR count). The van der Waals surface area contributed by atoms with E-state index < -0.39 is 0 Å². The molecule has 5 N–H and O–H groups in total. The highest BCUT2D eigenvalue weighted by Gasteiger charge is 2.10. The Morgan fingerprint density at radius 3 is 2.47 bits per heavy atom. The molecule has 6 nitrogen and oxygen atoms in total. The molecule has 106 valence electrons. The number of hydrogen-bond donors (Lipinski definition) is 4. The van der Waals surface area contributed by atoms with Gasteiger partial charge in [-0.3, -0.25) is 9.69 Å². The molecule has 0 aliphatic heterocycles. The normalized spacial score (nSPS) is 10.7. The molecule has 1 aromatic rings. The van der Waals surface area contributed by atoms with Gasteiger partial charge in [0.2, 0.25) is 5.91 Å². The Kier molecular flexibility index (Phi) is 6.27. The molecule has 0 heterocycles. The lowest BCUT2D eigenvalue weighted by Gasteiger charge is -2.19. The van der Waals surface area contributed by atoms with Crippen LogP contribution in [0, 0.1) is 6.92 Å². The number of amides is 1. The number of nitrogens with one attached hydrogen (secondary N) is 1. The van der Waals surface area contributed by atoms with Gasteiger partial charge in [0.25, 0.3) is 0 Å². The molecule has 19 heavy (non-hydrogen) atoms. The fourth-order valence-corrected chi connectivity index (χ4v) is 1.67. The average molecular weight is 267 g/mol. The minimum atomic E-state index is -0.204. The van der Waals surface area contributed by atoms with Gasteiger partial charge in [0.15, 0.2) is 0 Å². The minimum absolute atomic E-state index is 0.0508. The monoisotopic (exact) mass is 267 g/mol. The number of nitrogen functional groups attached to an aromatic ring is 1. The van der Waals surface area contributed by atoms with Crippen molar-refractivity contribution in [1.29, 1.82) is 0 Å². The summed E-state index contributed by atoms with van der Waals surface area (Å²) in [6, 6.07) is 5.33. The highest BCUT2D eigenvalue weighted by molar-refractivity contribution is 5.92. The number of anilines is 2. The van der Waals surface area contributed by atoms with E-state index in [2.05, 4.69) is 5.32 Å². The summed E-state index contributed by atoms with van der Waals surface area (Å²) < 4.78 is 0. The van der Waals surface area contributed by atoms with Crippen LogP contribution >= 0.6 is 0 Å². The third-order valence-corrected chi connectivity index (χ3v) is 2.76. The van der Waals surface area contributed by atoms with Gasteiger partial charge in [0, 0.05) is 24.5 Å². The standard InChI is InChI=1S/C13H21N3O3/c1-10-2-3-11(8-12(10)14)15-13(19)9-16(4-6-17)5-7-18/h2-3,8,17-18H,4-7,9,14H2,1H3,(H,15,19). The van der Waals surface area contributed by atoms with Gasteiger partial charge in [-0.05, 0) is 24.6 Å². The number of rotatable bonds is 7. The fourth-order valence-electron chi connectivity index (χ4n) is 1.67. The van der Waals surface area contributed by atoms with Crippen molar-refractivity contribution in [3.8, 4) is 0 Å². The van der Waals surface area contributed by atoms with Gasteiger partial charge in [-0.25, -0.2) is 0 Å². The number of nitrogens with two attached hydrogens (primary N) is 1. The third-order valence-electron chi connectivity index (χ3n) is 2.76. The van der Waals surface area contributed by atoms with Crippen LogP contribution in [0.4, 0.5) is 11.4 Å². The van der Waals surface area contributed by atoms with E-state index in [1.807, 2.05) is 13.0 Å². The summed E-state index contributed by atoms with van der Waals surface area (Å²) in [5.41, 5.74) is 7.99. The number of benzene rings is 1. The zero-order valence-electron chi connectivity index (χ0n) is 11.1. The summed E-state index contributed by atoms with van der Waals surface area (Å²) in [5, 5.41) is 20.5. The van der Waals surface area contributed by atoms with E-state index in [1.54, 1.807) is 17.0 Å². The molecule has 1 amide bonds. The Bertz CT molecular complexity index is 418. The summed E-state index contributed by atoms with van der Waals surface area (Å²) in [6.07, 6.45) is 0. The van der Waals surface area contributed by atoms with Gasteiger partial charge < -0.3 is 21.3 Å². The van der Waals surface area contributed by atoms with E-state index in [1.165, 1.54) is 0 Å². The zero-order valence-corrected chi connectivity index (χ0v) is 11.1. The number of aliphatic hydroxyl groups excluding tert-OH is 2. The minimum Gasteiger partial charge on any atom is -0.398 e. The summed E-state index contributed by atoms with van der Waals surface area (Å²) >= 11 is 0. The second-order valence-electron chi connectivity index (χ2n) is 4.34. The number of aliphatic hydroxyl groups is 2. The van der Waals surface area contributed by atoms with E-state index in [0.717, 1.165) is 5.56 Å². The SMILES string of the molecule is Cc1ccc(NC(=O)CN(CCO)CCO)cc1N. The van der Waals surface area contributed by atoms with E-state index in [4.69, 9.17) is 15.9 Å². The molecule has 0 saturated heterocycles. The molecule has 6 heteroatoms. The Morgan fingerprint density at radius 2 is 1.95 bits per heavy atom. The molecule has 0 atom stereocenters. The van der Waals surface area contributed by atoms with Crippen molar-refractivity contribution in [3.63, 3.8) is 0 Å². The Labute approximate surface area is 112 Å². The van der Waals surface area contributed by atoms with Gasteiger partial charge in [-0.2, -0.15) is 0 Å². The molecule has 0 saturated carbocycles. The maximum Gasteiger partial charge on any atom is 0.238 e. The highest BCUT2D eigenvalue weighted by Crippen LogP contribution is 2.16. The topological polar surface area (TPSA) is 98.8 Å². The number of carbonyl (C=O) groups excluding carboxylic acids is 1. The Balaban J connectivity index is 2.55. The van der Waals surface area contributed by atoms with Gasteiger partial charge in [0.1, 0.15) is 0 Å². The largest absolute Gasteiger partial charge is 0.398 e. The molecule has 0 aliphatic carbocycles. The summed E-state index contributed by atoms with van der Waals surface area (Å²) in [7, 11) is 0. The molecular weight excluding hydrogens is 246 g/mol. The first-order chi connectivity index (χ1) is 9.06. The van der Waals surface area contributed by atoms with Crippen molar-refractivity contribution >= 4 is 17.3 Å². The molecule has 0 unspecified atom stereocenters. The van der Waals surface area contributed by atoms with E-state index in [9.17, 15) is 4.79 Å². The van der Waals surface area contributed by atoms with Crippen LogP contribution in [0.1, 0.15) is 5.56 Å². The maximum atomic E-state index is 11.8. The Morgan fingerprint density at radius 1 is 1.32 bits per heavy atom. The van der Waals surface area contributed by atoms with Crippen LogP contribution < -0.4 is 11.1 Å². The second-order valence-corrected chi connectivity index (χ2v) is 4.34. The summed E-state index contributed by atoms with van der Waals surface area (Å²) in [6.45, 7) is 2.61. The van der Waals surface area contributed by atoms with Gasteiger partial charge >= 0.3 is 0 Å². The number of carbonyl (C=O) groups is 1. The molecule has 0 fully saturated rings.